The van der Waals surface area contributed by atoms with E-state index in [0.717, 1.165) is 25.9 Å². The third-order valence-electron chi connectivity index (χ3n) is 3.56. The minimum absolute atomic E-state index is 0.0186. The summed E-state index contributed by atoms with van der Waals surface area (Å²) in [5.41, 5.74) is 0.847. The summed E-state index contributed by atoms with van der Waals surface area (Å²) >= 11 is 6.02. The van der Waals surface area contributed by atoms with E-state index in [4.69, 9.17) is 11.6 Å². The zero-order chi connectivity index (χ0) is 14.8. The van der Waals surface area contributed by atoms with Gasteiger partial charge >= 0.3 is 0 Å². The molecule has 21 heavy (non-hydrogen) atoms. The lowest BCUT2D eigenvalue weighted by Crippen LogP contribution is -2.39. The first-order valence-electron chi connectivity index (χ1n) is 6.85. The average molecular weight is 307 g/mol. The van der Waals surface area contributed by atoms with Gasteiger partial charge in [0, 0.05) is 19.3 Å². The van der Waals surface area contributed by atoms with E-state index in [1.54, 1.807) is 27.6 Å². The van der Waals surface area contributed by atoms with Crippen LogP contribution in [-0.2, 0) is 4.79 Å². The SMILES string of the molecule is O=C(NCC(=O)N1CCCC1)c1c(Cl)nc2ccccn12. The molecule has 0 bridgehead atoms. The molecule has 0 radical (unpaired) electrons. The molecule has 110 valence electrons. The molecule has 0 aromatic carbocycles. The molecule has 2 amide bonds. The summed E-state index contributed by atoms with van der Waals surface area (Å²) in [7, 11) is 0. The lowest BCUT2D eigenvalue weighted by molar-refractivity contribution is -0.129. The van der Waals surface area contributed by atoms with Gasteiger partial charge in [-0.15, -0.1) is 0 Å². The average Bonchev–Trinajstić information content (AvgIpc) is 3.10. The maximum Gasteiger partial charge on any atom is 0.271 e. The highest BCUT2D eigenvalue weighted by Crippen LogP contribution is 2.17. The summed E-state index contributed by atoms with van der Waals surface area (Å²) in [6, 6.07) is 5.37. The molecule has 0 aliphatic carbocycles. The third kappa shape index (κ3) is 2.71. The van der Waals surface area contributed by atoms with E-state index in [2.05, 4.69) is 10.3 Å². The number of aromatic nitrogens is 2. The van der Waals surface area contributed by atoms with Crippen molar-refractivity contribution in [3.8, 4) is 0 Å². The number of likely N-dealkylation sites (tertiary alicyclic amines) is 1. The lowest BCUT2D eigenvalue weighted by Gasteiger charge is -2.15. The second kappa shape index (κ2) is 5.73. The third-order valence-corrected chi connectivity index (χ3v) is 3.82. The predicted octanol–water partition coefficient (Wildman–Crippen LogP) is 1.34. The highest BCUT2D eigenvalue weighted by Gasteiger charge is 2.21. The largest absolute Gasteiger partial charge is 0.342 e. The Morgan fingerprint density at radius 3 is 2.81 bits per heavy atom. The minimum atomic E-state index is -0.397. The van der Waals surface area contributed by atoms with Crippen LogP contribution in [0.3, 0.4) is 0 Å². The molecule has 3 heterocycles. The van der Waals surface area contributed by atoms with Crippen molar-refractivity contribution < 1.29 is 9.59 Å². The van der Waals surface area contributed by atoms with Crippen molar-refractivity contribution >= 4 is 29.1 Å². The van der Waals surface area contributed by atoms with Gasteiger partial charge in [-0.3, -0.25) is 14.0 Å². The molecule has 7 heteroatoms. The molecule has 1 fully saturated rings. The van der Waals surface area contributed by atoms with Gasteiger partial charge in [-0.25, -0.2) is 4.98 Å². The standard InChI is InChI=1S/C14H15ClN4O2/c15-13-12(19-8-2-1-5-10(19)17-13)14(21)16-9-11(20)18-6-3-4-7-18/h1-2,5,8H,3-4,6-7,9H2,(H,16,21). The molecule has 0 spiro atoms. The van der Waals surface area contributed by atoms with E-state index >= 15 is 0 Å². The number of fused-ring (bicyclic) bond motifs is 1. The van der Waals surface area contributed by atoms with Crippen molar-refractivity contribution in [1.29, 1.82) is 0 Å². The summed E-state index contributed by atoms with van der Waals surface area (Å²) in [5.74, 6) is -0.461. The van der Waals surface area contributed by atoms with E-state index < -0.39 is 5.91 Å². The van der Waals surface area contributed by atoms with Gasteiger partial charge in [-0.1, -0.05) is 17.7 Å². The predicted molar refractivity (Wildman–Crippen MR) is 78.3 cm³/mol. The lowest BCUT2D eigenvalue weighted by atomic mass is 10.4. The van der Waals surface area contributed by atoms with E-state index in [1.165, 1.54) is 0 Å². The van der Waals surface area contributed by atoms with E-state index in [9.17, 15) is 9.59 Å². The van der Waals surface area contributed by atoms with Gasteiger partial charge in [0.15, 0.2) is 10.8 Å². The molecule has 1 aliphatic heterocycles. The molecule has 2 aromatic heterocycles. The zero-order valence-corrected chi connectivity index (χ0v) is 12.1. The Labute approximate surface area is 126 Å². The fraction of sp³-hybridized carbons (Fsp3) is 0.357. The summed E-state index contributed by atoms with van der Waals surface area (Å²) in [5, 5.41) is 2.75. The van der Waals surface area contributed by atoms with Crippen LogP contribution in [0.1, 0.15) is 23.3 Å². The number of imidazole rings is 1. The van der Waals surface area contributed by atoms with Gasteiger partial charge in [0.05, 0.1) is 6.54 Å². The number of nitrogens with one attached hydrogen (secondary N) is 1. The summed E-state index contributed by atoms with van der Waals surface area (Å²) < 4.78 is 1.61. The number of nitrogens with zero attached hydrogens (tertiary/aromatic N) is 3. The van der Waals surface area contributed by atoms with Crippen LogP contribution < -0.4 is 5.32 Å². The number of hydrogen-bond donors (Lipinski definition) is 1. The molecule has 3 rings (SSSR count). The number of carbonyl (C=O) groups excluding carboxylic acids is 2. The zero-order valence-electron chi connectivity index (χ0n) is 11.4. The van der Waals surface area contributed by atoms with E-state index in [-0.39, 0.29) is 23.3 Å². The van der Waals surface area contributed by atoms with Crippen LogP contribution in [0, 0.1) is 0 Å². The Hall–Kier alpha value is -2.08. The second-order valence-corrected chi connectivity index (χ2v) is 5.31. The highest BCUT2D eigenvalue weighted by molar-refractivity contribution is 6.32. The molecule has 0 unspecified atom stereocenters. The molecular weight excluding hydrogens is 292 g/mol. The monoisotopic (exact) mass is 306 g/mol. The van der Waals surface area contributed by atoms with Gasteiger partial charge in [0.1, 0.15) is 5.65 Å². The van der Waals surface area contributed by atoms with Crippen LogP contribution in [-0.4, -0.2) is 45.7 Å². The van der Waals surface area contributed by atoms with Crippen molar-refractivity contribution in [3.63, 3.8) is 0 Å². The molecular formula is C14H15ClN4O2. The van der Waals surface area contributed by atoms with Crippen molar-refractivity contribution in [1.82, 2.24) is 19.6 Å². The van der Waals surface area contributed by atoms with Gasteiger partial charge in [-0.05, 0) is 25.0 Å². The van der Waals surface area contributed by atoms with Crippen LogP contribution in [0.15, 0.2) is 24.4 Å². The number of halogens is 1. The molecule has 0 atom stereocenters. The summed E-state index contributed by atoms with van der Waals surface area (Å²) in [6.45, 7) is 1.52. The molecule has 1 N–H and O–H groups in total. The Kier molecular flexibility index (Phi) is 3.79. The maximum absolute atomic E-state index is 12.2. The molecule has 0 saturated carbocycles. The Morgan fingerprint density at radius 2 is 2.05 bits per heavy atom. The van der Waals surface area contributed by atoms with Crippen molar-refractivity contribution in [2.45, 2.75) is 12.8 Å². The van der Waals surface area contributed by atoms with Crippen LogP contribution in [0.5, 0.6) is 0 Å². The Bertz CT molecular complexity index is 691. The first-order valence-corrected chi connectivity index (χ1v) is 7.23. The first-order chi connectivity index (χ1) is 10.2. The van der Waals surface area contributed by atoms with Crippen molar-refractivity contribution in [2.75, 3.05) is 19.6 Å². The number of amides is 2. The van der Waals surface area contributed by atoms with Crippen LogP contribution in [0.25, 0.3) is 5.65 Å². The normalized spacial score (nSPS) is 14.6. The molecule has 1 aliphatic rings. The first kappa shape index (κ1) is 13.9. The van der Waals surface area contributed by atoms with E-state index in [0.29, 0.717) is 5.65 Å². The van der Waals surface area contributed by atoms with Gasteiger partial charge in [-0.2, -0.15) is 0 Å². The number of rotatable bonds is 3. The fourth-order valence-electron chi connectivity index (χ4n) is 2.49. The topological polar surface area (TPSA) is 66.7 Å². The van der Waals surface area contributed by atoms with Crippen LogP contribution >= 0.6 is 11.6 Å². The molecule has 6 nitrogen and oxygen atoms in total. The molecule has 2 aromatic rings. The van der Waals surface area contributed by atoms with Crippen LogP contribution in [0.2, 0.25) is 5.15 Å². The number of carbonyl (C=O) groups is 2. The fourth-order valence-corrected chi connectivity index (χ4v) is 2.75. The van der Waals surface area contributed by atoms with Crippen molar-refractivity contribution in [2.24, 2.45) is 0 Å². The van der Waals surface area contributed by atoms with Crippen molar-refractivity contribution in [3.05, 3.63) is 35.2 Å². The molecule has 1 saturated heterocycles. The van der Waals surface area contributed by atoms with E-state index in [1.807, 2.05) is 6.07 Å². The smallest absolute Gasteiger partial charge is 0.271 e. The van der Waals surface area contributed by atoms with Gasteiger partial charge in [0.25, 0.3) is 5.91 Å². The maximum atomic E-state index is 12.2. The van der Waals surface area contributed by atoms with Gasteiger partial charge < -0.3 is 10.2 Å². The van der Waals surface area contributed by atoms with Gasteiger partial charge in [0.2, 0.25) is 5.91 Å². The highest BCUT2D eigenvalue weighted by atomic mass is 35.5. The van der Waals surface area contributed by atoms with Crippen LogP contribution in [0.4, 0.5) is 0 Å². The Balaban J connectivity index is 1.72. The number of pyridine rings is 1. The summed E-state index contributed by atoms with van der Waals surface area (Å²) in [6.07, 6.45) is 3.77. The minimum Gasteiger partial charge on any atom is -0.342 e. The number of hydrogen-bond acceptors (Lipinski definition) is 3. The quantitative estimate of drug-likeness (QED) is 0.930. The second-order valence-electron chi connectivity index (χ2n) is 4.95. The Morgan fingerprint density at radius 1 is 1.29 bits per heavy atom. The summed E-state index contributed by atoms with van der Waals surface area (Å²) in [4.78, 5) is 30.0.